The zero-order valence-corrected chi connectivity index (χ0v) is 10.4. The second-order valence-corrected chi connectivity index (χ2v) is 4.63. The van der Waals surface area contributed by atoms with Crippen molar-refractivity contribution in [1.82, 2.24) is 8.75 Å². The number of benzene rings is 1. The van der Waals surface area contributed by atoms with Crippen LogP contribution in [0.25, 0.3) is 11.0 Å². The summed E-state index contributed by atoms with van der Waals surface area (Å²) in [5, 5.41) is 3.25. The smallest absolute Gasteiger partial charge is 0.227 e. The number of anilines is 1. The normalized spacial score (nSPS) is 11.0. The van der Waals surface area contributed by atoms with E-state index in [0.29, 0.717) is 16.2 Å². The van der Waals surface area contributed by atoms with Crippen molar-refractivity contribution < 1.29 is 4.79 Å². The van der Waals surface area contributed by atoms with Gasteiger partial charge in [0.2, 0.25) is 5.91 Å². The van der Waals surface area contributed by atoms with Crippen molar-refractivity contribution in [3.05, 3.63) is 17.2 Å². The van der Waals surface area contributed by atoms with Crippen molar-refractivity contribution in [3.8, 4) is 0 Å². The SMILES string of the molecule is CC(C)C(=O)Nc1c(Cl)ccc2nsnc12. The van der Waals surface area contributed by atoms with Crippen molar-refractivity contribution >= 4 is 46.0 Å². The number of nitrogens with one attached hydrogen (secondary N) is 1. The molecule has 1 aromatic heterocycles. The van der Waals surface area contributed by atoms with Crippen LogP contribution in [-0.4, -0.2) is 14.7 Å². The average Bonchev–Trinajstić information content (AvgIpc) is 2.70. The van der Waals surface area contributed by atoms with Gasteiger partial charge in [-0.2, -0.15) is 8.75 Å². The van der Waals surface area contributed by atoms with E-state index in [1.165, 1.54) is 0 Å². The van der Waals surface area contributed by atoms with Gasteiger partial charge in [0.25, 0.3) is 0 Å². The third kappa shape index (κ3) is 2.01. The summed E-state index contributed by atoms with van der Waals surface area (Å²) in [7, 11) is 0. The van der Waals surface area contributed by atoms with Gasteiger partial charge in [0.15, 0.2) is 0 Å². The molecule has 1 N–H and O–H groups in total. The Hall–Kier alpha value is -1.20. The minimum atomic E-state index is -0.0992. The lowest BCUT2D eigenvalue weighted by molar-refractivity contribution is -0.118. The second kappa shape index (κ2) is 4.35. The Morgan fingerprint density at radius 2 is 2.19 bits per heavy atom. The molecule has 0 bridgehead atoms. The van der Waals surface area contributed by atoms with E-state index in [4.69, 9.17) is 11.6 Å². The summed E-state index contributed by atoms with van der Waals surface area (Å²) in [6, 6.07) is 3.49. The Bertz CT molecular complexity index is 538. The summed E-state index contributed by atoms with van der Waals surface area (Å²) in [6.45, 7) is 3.64. The van der Waals surface area contributed by atoms with Crippen LogP contribution in [0.4, 0.5) is 5.69 Å². The zero-order valence-electron chi connectivity index (χ0n) is 8.82. The van der Waals surface area contributed by atoms with Crippen LogP contribution < -0.4 is 5.32 Å². The summed E-state index contributed by atoms with van der Waals surface area (Å²) in [5.41, 5.74) is 1.94. The van der Waals surface area contributed by atoms with Gasteiger partial charge in [-0.3, -0.25) is 4.79 Å². The first-order valence-electron chi connectivity index (χ1n) is 4.81. The topological polar surface area (TPSA) is 54.9 Å². The van der Waals surface area contributed by atoms with Gasteiger partial charge in [-0.1, -0.05) is 25.4 Å². The molecular formula is C10H10ClN3OS. The molecule has 0 unspecified atom stereocenters. The van der Waals surface area contributed by atoms with E-state index in [2.05, 4.69) is 14.1 Å². The maximum Gasteiger partial charge on any atom is 0.227 e. The van der Waals surface area contributed by atoms with Crippen LogP contribution in [0, 0.1) is 5.92 Å². The summed E-state index contributed by atoms with van der Waals surface area (Å²) in [6.07, 6.45) is 0. The van der Waals surface area contributed by atoms with Crippen molar-refractivity contribution in [1.29, 1.82) is 0 Å². The molecule has 0 spiro atoms. The minimum Gasteiger partial charge on any atom is -0.323 e. The summed E-state index contributed by atoms with van der Waals surface area (Å²) < 4.78 is 8.22. The van der Waals surface area contributed by atoms with Crippen molar-refractivity contribution in [3.63, 3.8) is 0 Å². The maximum atomic E-state index is 11.6. The molecule has 0 radical (unpaired) electrons. The molecule has 1 aromatic carbocycles. The highest BCUT2D eigenvalue weighted by atomic mass is 35.5. The molecule has 2 rings (SSSR count). The number of nitrogens with zero attached hydrogens (tertiary/aromatic N) is 2. The first kappa shape index (κ1) is 11.3. The molecule has 0 fully saturated rings. The number of halogens is 1. The Kier molecular flexibility index (Phi) is 3.07. The maximum absolute atomic E-state index is 11.6. The number of aromatic nitrogens is 2. The van der Waals surface area contributed by atoms with E-state index in [1.807, 2.05) is 13.8 Å². The van der Waals surface area contributed by atoms with Gasteiger partial charge in [-0.15, -0.1) is 0 Å². The number of amides is 1. The van der Waals surface area contributed by atoms with Crippen LogP contribution in [0.1, 0.15) is 13.8 Å². The van der Waals surface area contributed by atoms with E-state index in [-0.39, 0.29) is 11.8 Å². The van der Waals surface area contributed by atoms with Crippen molar-refractivity contribution in [2.45, 2.75) is 13.8 Å². The van der Waals surface area contributed by atoms with E-state index in [1.54, 1.807) is 12.1 Å². The fourth-order valence-electron chi connectivity index (χ4n) is 1.21. The lowest BCUT2D eigenvalue weighted by atomic mass is 10.2. The van der Waals surface area contributed by atoms with Gasteiger partial charge < -0.3 is 5.32 Å². The molecule has 84 valence electrons. The number of hydrogen-bond acceptors (Lipinski definition) is 4. The molecular weight excluding hydrogens is 246 g/mol. The number of rotatable bonds is 2. The van der Waals surface area contributed by atoms with Gasteiger partial charge in [-0.05, 0) is 12.1 Å². The molecule has 1 amide bonds. The van der Waals surface area contributed by atoms with Crippen molar-refractivity contribution in [2.24, 2.45) is 5.92 Å². The number of carbonyl (C=O) groups is 1. The molecule has 0 saturated heterocycles. The Labute approximate surface area is 102 Å². The predicted octanol–water partition coefficient (Wildman–Crippen LogP) is 2.94. The molecule has 0 saturated carbocycles. The van der Waals surface area contributed by atoms with Crippen LogP contribution in [0.3, 0.4) is 0 Å². The zero-order chi connectivity index (χ0) is 11.7. The summed E-state index contributed by atoms with van der Waals surface area (Å²) >= 11 is 7.13. The van der Waals surface area contributed by atoms with Gasteiger partial charge in [0.1, 0.15) is 11.0 Å². The average molecular weight is 256 g/mol. The Morgan fingerprint density at radius 1 is 1.44 bits per heavy atom. The number of carbonyl (C=O) groups excluding carboxylic acids is 1. The van der Waals surface area contributed by atoms with Crippen LogP contribution in [0.5, 0.6) is 0 Å². The molecule has 0 atom stereocenters. The highest BCUT2D eigenvalue weighted by Crippen LogP contribution is 2.30. The molecule has 6 heteroatoms. The minimum absolute atomic E-state index is 0.0811. The molecule has 0 aliphatic rings. The van der Waals surface area contributed by atoms with Crippen LogP contribution in [0.2, 0.25) is 5.02 Å². The highest BCUT2D eigenvalue weighted by Gasteiger charge is 2.14. The summed E-state index contributed by atoms with van der Waals surface area (Å²) in [4.78, 5) is 11.6. The Morgan fingerprint density at radius 3 is 2.88 bits per heavy atom. The predicted molar refractivity (Wildman–Crippen MR) is 65.9 cm³/mol. The summed E-state index contributed by atoms with van der Waals surface area (Å²) in [5.74, 6) is -0.180. The molecule has 2 aromatic rings. The molecule has 0 aliphatic heterocycles. The quantitative estimate of drug-likeness (QED) is 0.898. The third-order valence-electron chi connectivity index (χ3n) is 2.15. The van der Waals surface area contributed by atoms with E-state index in [9.17, 15) is 4.79 Å². The lowest BCUT2D eigenvalue weighted by Crippen LogP contribution is -2.18. The molecule has 0 aliphatic carbocycles. The molecule has 4 nitrogen and oxygen atoms in total. The van der Waals surface area contributed by atoms with Gasteiger partial charge in [0, 0.05) is 5.92 Å². The van der Waals surface area contributed by atoms with Gasteiger partial charge >= 0.3 is 0 Å². The third-order valence-corrected chi connectivity index (χ3v) is 3.01. The van der Waals surface area contributed by atoms with Crippen molar-refractivity contribution in [2.75, 3.05) is 5.32 Å². The fraction of sp³-hybridized carbons (Fsp3) is 0.300. The second-order valence-electron chi connectivity index (χ2n) is 3.70. The molecule has 1 heterocycles. The fourth-order valence-corrected chi connectivity index (χ4v) is 1.96. The number of hydrogen-bond donors (Lipinski definition) is 1. The first-order chi connectivity index (χ1) is 7.59. The first-order valence-corrected chi connectivity index (χ1v) is 5.92. The number of fused-ring (bicyclic) bond motifs is 1. The highest BCUT2D eigenvalue weighted by molar-refractivity contribution is 7.00. The largest absolute Gasteiger partial charge is 0.323 e. The monoisotopic (exact) mass is 255 g/mol. The molecule has 16 heavy (non-hydrogen) atoms. The van der Waals surface area contributed by atoms with Crippen LogP contribution in [-0.2, 0) is 4.79 Å². The van der Waals surface area contributed by atoms with Gasteiger partial charge in [-0.25, -0.2) is 0 Å². The standard InChI is InChI=1S/C10H10ClN3OS/c1-5(2)10(15)12-8-6(11)3-4-7-9(8)14-16-13-7/h3-5H,1-2H3,(H,12,15). The van der Waals surface area contributed by atoms with E-state index >= 15 is 0 Å². The van der Waals surface area contributed by atoms with E-state index < -0.39 is 0 Å². The van der Waals surface area contributed by atoms with E-state index in [0.717, 1.165) is 17.2 Å². The Balaban J connectivity index is 2.46. The van der Waals surface area contributed by atoms with Crippen LogP contribution in [0.15, 0.2) is 12.1 Å². The lowest BCUT2D eigenvalue weighted by Gasteiger charge is -2.09. The van der Waals surface area contributed by atoms with Crippen LogP contribution >= 0.6 is 23.3 Å². The van der Waals surface area contributed by atoms with Gasteiger partial charge in [0.05, 0.1) is 22.4 Å².